The third-order valence-electron chi connectivity index (χ3n) is 1.70. The highest BCUT2D eigenvalue weighted by atomic mass is 31.0. The fourth-order valence-electron chi connectivity index (χ4n) is 1.15. The average Bonchev–Trinajstić information content (AvgIpc) is 2.05. The Hall–Kier alpha value is -0.610. The van der Waals surface area contributed by atoms with Crippen LogP contribution >= 0.6 is 9.24 Å². The van der Waals surface area contributed by atoms with Crippen LogP contribution in [0.1, 0.15) is 19.3 Å². The summed E-state index contributed by atoms with van der Waals surface area (Å²) >= 11 is 0. The van der Waals surface area contributed by atoms with Crippen molar-refractivity contribution in [2.24, 2.45) is 0 Å². The molecule has 0 amide bonds. The SMILES string of the molecule is C=CCC(=CC(P)CC=C)CC=C. The number of allylic oxidation sites excluding steroid dienone is 5. The van der Waals surface area contributed by atoms with Gasteiger partial charge in [-0.3, -0.25) is 0 Å². The molecule has 0 saturated carbocycles. The van der Waals surface area contributed by atoms with Crippen molar-refractivity contribution < 1.29 is 0 Å². The maximum atomic E-state index is 3.73. The van der Waals surface area contributed by atoms with Crippen LogP contribution in [0.5, 0.6) is 0 Å². The molecule has 0 radical (unpaired) electrons. The van der Waals surface area contributed by atoms with E-state index >= 15 is 0 Å². The topological polar surface area (TPSA) is 0 Å². The first kappa shape index (κ1) is 12.4. The molecule has 0 N–H and O–H groups in total. The molecule has 0 aliphatic carbocycles. The summed E-state index contributed by atoms with van der Waals surface area (Å²) in [6, 6.07) is 0. The van der Waals surface area contributed by atoms with E-state index in [1.165, 1.54) is 5.57 Å². The van der Waals surface area contributed by atoms with Crippen LogP contribution in [0.4, 0.5) is 0 Å². The molecule has 0 saturated heterocycles. The van der Waals surface area contributed by atoms with Gasteiger partial charge in [-0.1, -0.05) is 29.9 Å². The van der Waals surface area contributed by atoms with Gasteiger partial charge in [0.05, 0.1) is 0 Å². The molecule has 13 heavy (non-hydrogen) atoms. The molecule has 0 nitrogen and oxygen atoms in total. The lowest BCUT2D eigenvalue weighted by Gasteiger charge is -2.06. The summed E-state index contributed by atoms with van der Waals surface area (Å²) in [6.07, 6.45) is 11.0. The standard InChI is InChI=1S/C12H19P/c1-4-7-11(8-5-2)10-12(13)9-6-3/h4-6,10,12H,1-3,7-9,13H2. The van der Waals surface area contributed by atoms with Crippen molar-refractivity contribution in [3.05, 3.63) is 49.6 Å². The summed E-state index contributed by atoms with van der Waals surface area (Å²) in [7, 11) is 2.81. The number of hydrogen-bond acceptors (Lipinski definition) is 0. The maximum Gasteiger partial charge on any atom is -0.00485 e. The quantitative estimate of drug-likeness (QED) is 0.426. The number of rotatable bonds is 7. The summed E-state index contributed by atoms with van der Waals surface area (Å²) in [5.41, 5.74) is 1.87. The van der Waals surface area contributed by atoms with Gasteiger partial charge < -0.3 is 0 Å². The van der Waals surface area contributed by atoms with E-state index in [-0.39, 0.29) is 0 Å². The second-order valence-electron chi connectivity index (χ2n) is 3.00. The van der Waals surface area contributed by atoms with Crippen LogP contribution in [0.25, 0.3) is 0 Å². The van der Waals surface area contributed by atoms with Crippen LogP contribution in [-0.2, 0) is 0 Å². The average molecular weight is 194 g/mol. The van der Waals surface area contributed by atoms with Crippen LogP contribution in [0, 0.1) is 0 Å². The van der Waals surface area contributed by atoms with Crippen molar-refractivity contribution in [1.29, 1.82) is 0 Å². The molecular weight excluding hydrogens is 175 g/mol. The van der Waals surface area contributed by atoms with Crippen molar-refractivity contribution in [1.82, 2.24) is 0 Å². The number of hydrogen-bond donors (Lipinski definition) is 0. The second-order valence-corrected chi connectivity index (χ2v) is 3.86. The van der Waals surface area contributed by atoms with E-state index in [2.05, 4.69) is 35.1 Å². The van der Waals surface area contributed by atoms with E-state index in [0.29, 0.717) is 5.66 Å². The minimum atomic E-state index is 0.493. The van der Waals surface area contributed by atoms with Gasteiger partial charge in [-0.25, -0.2) is 0 Å². The van der Waals surface area contributed by atoms with E-state index in [1.54, 1.807) is 0 Å². The molecule has 0 rings (SSSR count). The summed E-state index contributed by atoms with van der Waals surface area (Å²) in [6.45, 7) is 11.2. The van der Waals surface area contributed by atoms with Crippen LogP contribution < -0.4 is 0 Å². The molecule has 0 aromatic heterocycles. The lowest BCUT2D eigenvalue weighted by Crippen LogP contribution is -1.92. The van der Waals surface area contributed by atoms with Gasteiger partial charge in [0, 0.05) is 0 Å². The zero-order chi connectivity index (χ0) is 10.1. The first-order chi connectivity index (χ1) is 6.24. The fraction of sp³-hybridized carbons (Fsp3) is 0.333. The maximum absolute atomic E-state index is 3.73. The molecule has 0 bridgehead atoms. The van der Waals surface area contributed by atoms with Gasteiger partial charge in [0.2, 0.25) is 0 Å². The molecule has 1 heteroatoms. The Morgan fingerprint density at radius 3 is 2.00 bits per heavy atom. The molecule has 0 heterocycles. The molecule has 2 atom stereocenters. The Bertz CT molecular complexity index is 189. The van der Waals surface area contributed by atoms with Crippen molar-refractivity contribution >= 4 is 9.24 Å². The highest BCUT2D eigenvalue weighted by Gasteiger charge is 1.97. The predicted octanol–water partition coefficient (Wildman–Crippen LogP) is 3.88. The molecule has 2 unspecified atom stereocenters. The lowest BCUT2D eigenvalue weighted by atomic mass is 10.1. The first-order valence-electron chi connectivity index (χ1n) is 4.52. The van der Waals surface area contributed by atoms with Crippen LogP contribution in [0.3, 0.4) is 0 Å². The van der Waals surface area contributed by atoms with Gasteiger partial charge in [0.15, 0.2) is 0 Å². The Labute approximate surface area is 84.3 Å². The summed E-state index contributed by atoms with van der Waals surface area (Å²) in [5, 5.41) is 0. The molecule has 0 aliphatic heterocycles. The fourth-order valence-corrected chi connectivity index (χ4v) is 1.62. The van der Waals surface area contributed by atoms with Crippen LogP contribution in [0.15, 0.2) is 49.6 Å². The minimum Gasteiger partial charge on any atom is -0.130 e. The smallest absolute Gasteiger partial charge is 0.00485 e. The van der Waals surface area contributed by atoms with Gasteiger partial charge in [-0.05, 0) is 24.9 Å². The molecule has 0 spiro atoms. The van der Waals surface area contributed by atoms with E-state index < -0.39 is 0 Å². The van der Waals surface area contributed by atoms with Crippen LogP contribution in [-0.4, -0.2) is 5.66 Å². The van der Waals surface area contributed by atoms with E-state index in [0.717, 1.165) is 19.3 Å². The third kappa shape index (κ3) is 6.54. The van der Waals surface area contributed by atoms with E-state index in [4.69, 9.17) is 0 Å². The Morgan fingerprint density at radius 1 is 1.08 bits per heavy atom. The van der Waals surface area contributed by atoms with Crippen molar-refractivity contribution in [3.63, 3.8) is 0 Å². The Balaban J connectivity index is 4.21. The summed E-state index contributed by atoms with van der Waals surface area (Å²) in [4.78, 5) is 0. The third-order valence-corrected chi connectivity index (χ3v) is 2.17. The molecule has 0 aromatic carbocycles. The first-order valence-corrected chi connectivity index (χ1v) is 5.19. The van der Waals surface area contributed by atoms with Gasteiger partial charge >= 0.3 is 0 Å². The highest BCUT2D eigenvalue weighted by molar-refractivity contribution is 7.17. The minimum absolute atomic E-state index is 0.493. The van der Waals surface area contributed by atoms with Crippen molar-refractivity contribution in [2.75, 3.05) is 0 Å². The monoisotopic (exact) mass is 194 g/mol. The van der Waals surface area contributed by atoms with E-state index in [1.807, 2.05) is 18.2 Å². The summed E-state index contributed by atoms with van der Waals surface area (Å²) < 4.78 is 0. The van der Waals surface area contributed by atoms with Crippen molar-refractivity contribution in [3.8, 4) is 0 Å². The molecule has 0 fully saturated rings. The predicted molar refractivity (Wildman–Crippen MR) is 66.0 cm³/mol. The van der Waals surface area contributed by atoms with Gasteiger partial charge in [-0.15, -0.1) is 29.0 Å². The van der Waals surface area contributed by atoms with Gasteiger partial charge in [0.1, 0.15) is 0 Å². The highest BCUT2D eigenvalue weighted by Crippen LogP contribution is 2.15. The Kier molecular flexibility index (Phi) is 7.63. The largest absolute Gasteiger partial charge is 0.130 e. The van der Waals surface area contributed by atoms with Crippen LogP contribution in [0.2, 0.25) is 0 Å². The lowest BCUT2D eigenvalue weighted by molar-refractivity contribution is 1.01. The molecule has 0 aromatic rings. The molecule has 0 aliphatic rings. The zero-order valence-electron chi connectivity index (χ0n) is 8.21. The molecule has 72 valence electrons. The Morgan fingerprint density at radius 2 is 1.62 bits per heavy atom. The van der Waals surface area contributed by atoms with E-state index in [9.17, 15) is 0 Å². The van der Waals surface area contributed by atoms with Gasteiger partial charge in [0.25, 0.3) is 0 Å². The zero-order valence-corrected chi connectivity index (χ0v) is 9.36. The van der Waals surface area contributed by atoms with Gasteiger partial charge in [-0.2, -0.15) is 0 Å². The normalized spacial score (nSPS) is 11.5. The summed E-state index contributed by atoms with van der Waals surface area (Å²) in [5.74, 6) is 0. The molecular formula is C12H19P. The second kappa shape index (κ2) is 8.01. The van der Waals surface area contributed by atoms with Crippen molar-refractivity contribution in [2.45, 2.75) is 24.9 Å².